The molecule has 0 radical (unpaired) electrons. The molecular formula is C15H16N4O3. The van der Waals surface area contributed by atoms with Crippen molar-refractivity contribution in [2.24, 2.45) is 0 Å². The predicted octanol–water partition coefficient (Wildman–Crippen LogP) is 2.28. The van der Waals surface area contributed by atoms with E-state index in [0.717, 1.165) is 13.0 Å². The van der Waals surface area contributed by atoms with Crippen LogP contribution in [0.15, 0.2) is 30.3 Å². The minimum Gasteiger partial charge on any atom is -0.454 e. The summed E-state index contributed by atoms with van der Waals surface area (Å²) in [7, 11) is 0. The Hall–Kier alpha value is -2.83. The van der Waals surface area contributed by atoms with Gasteiger partial charge in [-0.05, 0) is 30.7 Å². The van der Waals surface area contributed by atoms with E-state index < -0.39 is 0 Å². The molecule has 0 aliphatic carbocycles. The van der Waals surface area contributed by atoms with Gasteiger partial charge in [0.05, 0.1) is 0 Å². The fourth-order valence-corrected chi connectivity index (χ4v) is 1.97. The molecule has 22 heavy (non-hydrogen) atoms. The van der Waals surface area contributed by atoms with Gasteiger partial charge in [-0.1, -0.05) is 6.92 Å². The van der Waals surface area contributed by atoms with Crippen molar-refractivity contribution in [1.82, 2.24) is 10.2 Å². The lowest BCUT2D eigenvalue weighted by Crippen LogP contribution is -2.15. The number of nitrogens with one attached hydrogen (secondary N) is 2. The number of benzene rings is 1. The Balaban J connectivity index is 1.66. The molecule has 0 fully saturated rings. The van der Waals surface area contributed by atoms with Gasteiger partial charge in [0.1, 0.15) is 5.82 Å². The second-order valence-electron chi connectivity index (χ2n) is 4.75. The molecule has 0 saturated carbocycles. The molecule has 0 spiro atoms. The van der Waals surface area contributed by atoms with Gasteiger partial charge in [-0.3, -0.25) is 4.79 Å². The lowest BCUT2D eigenvalue weighted by Gasteiger charge is -2.06. The van der Waals surface area contributed by atoms with Crippen LogP contribution in [-0.4, -0.2) is 29.4 Å². The highest BCUT2D eigenvalue weighted by Gasteiger charge is 2.15. The van der Waals surface area contributed by atoms with Crippen molar-refractivity contribution in [3.8, 4) is 11.5 Å². The average Bonchev–Trinajstić information content (AvgIpc) is 3.01. The lowest BCUT2D eigenvalue weighted by atomic mass is 10.2. The van der Waals surface area contributed by atoms with E-state index in [4.69, 9.17) is 9.47 Å². The van der Waals surface area contributed by atoms with E-state index >= 15 is 0 Å². The normalized spacial score (nSPS) is 12.0. The summed E-state index contributed by atoms with van der Waals surface area (Å²) in [5, 5.41) is 13.7. The molecule has 1 aliphatic heterocycles. The van der Waals surface area contributed by atoms with E-state index in [1.165, 1.54) is 0 Å². The highest BCUT2D eigenvalue weighted by atomic mass is 16.7. The Morgan fingerprint density at radius 1 is 1.18 bits per heavy atom. The van der Waals surface area contributed by atoms with Crippen LogP contribution in [0, 0.1) is 0 Å². The zero-order chi connectivity index (χ0) is 15.4. The monoisotopic (exact) mass is 300 g/mol. The Morgan fingerprint density at radius 3 is 2.82 bits per heavy atom. The van der Waals surface area contributed by atoms with Gasteiger partial charge in [0, 0.05) is 18.3 Å². The summed E-state index contributed by atoms with van der Waals surface area (Å²) in [4.78, 5) is 12.1. The van der Waals surface area contributed by atoms with Crippen LogP contribution >= 0.6 is 0 Å². The summed E-state index contributed by atoms with van der Waals surface area (Å²) in [6, 6.07) is 8.58. The molecule has 0 atom stereocenters. The van der Waals surface area contributed by atoms with Crippen LogP contribution in [0.25, 0.3) is 0 Å². The Kier molecular flexibility index (Phi) is 4.04. The van der Waals surface area contributed by atoms with Crippen molar-refractivity contribution in [3.63, 3.8) is 0 Å². The molecule has 2 N–H and O–H groups in total. The number of carbonyl (C=O) groups excluding carboxylic acids is 1. The summed E-state index contributed by atoms with van der Waals surface area (Å²) in [5.41, 5.74) is 0.865. The number of fused-ring (bicyclic) bond motifs is 1. The number of carbonyl (C=O) groups is 1. The predicted molar refractivity (Wildman–Crippen MR) is 81.3 cm³/mol. The van der Waals surface area contributed by atoms with Crippen molar-refractivity contribution in [2.75, 3.05) is 24.0 Å². The van der Waals surface area contributed by atoms with Crippen LogP contribution in [0.2, 0.25) is 0 Å². The molecule has 7 heteroatoms. The zero-order valence-corrected chi connectivity index (χ0v) is 12.1. The third kappa shape index (κ3) is 3.08. The zero-order valence-electron chi connectivity index (χ0n) is 12.1. The van der Waals surface area contributed by atoms with Crippen molar-refractivity contribution in [3.05, 3.63) is 36.0 Å². The molecule has 0 saturated heterocycles. The molecule has 0 unspecified atom stereocenters. The van der Waals surface area contributed by atoms with Gasteiger partial charge in [-0.25, -0.2) is 0 Å². The first kappa shape index (κ1) is 14.1. The van der Waals surface area contributed by atoms with Gasteiger partial charge >= 0.3 is 0 Å². The number of rotatable bonds is 5. The van der Waals surface area contributed by atoms with E-state index in [1.54, 1.807) is 30.3 Å². The van der Waals surface area contributed by atoms with Crippen molar-refractivity contribution >= 4 is 17.4 Å². The Bertz CT molecular complexity index is 673. The van der Waals surface area contributed by atoms with Crippen LogP contribution in [0.3, 0.4) is 0 Å². The SMILES string of the molecule is CCCNc1ccc(C(=O)Nc2ccc3c(c2)OCO3)nn1. The summed E-state index contributed by atoms with van der Waals surface area (Å²) >= 11 is 0. The second-order valence-corrected chi connectivity index (χ2v) is 4.75. The van der Waals surface area contributed by atoms with Crippen LogP contribution in [-0.2, 0) is 0 Å². The smallest absolute Gasteiger partial charge is 0.276 e. The van der Waals surface area contributed by atoms with E-state index in [1.807, 2.05) is 0 Å². The summed E-state index contributed by atoms with van der Waals surface area (Å²) in [6.45, 7) is 3.08. The molecule has 1 amide bonds. The molecule has 2 heterocycles. The number of anilines is 2. The van der Waals surface area contributed by atoms with Gasteiger partial charge < -0.3 is 20.1 Å². The molecule has 2 aromatic rings. The number of ether oxygens (including phenoxy) is 2. The van der Waals surface area contributed by atoms with E-state index in [-0.39, 0.29) is 18.4 Å². The van der Waals surface area contributed by atoms with Crippen LogP contribution < -0.4 is 20.1 Å². The number of aromatic nitrogens is 2. The average molecular weight is 300 g/mol. The minimum absolute atomic E-state index is 0.199. The topological polar surface area (TPSA) is 85.4 Å². The van der Waals surface area contributed by atoms with E-state index in [2.05, 4.69) is 27.8 Å². The number of hydrogen-bond acceptors (Lipinski definition) is 6. The van der Waals surface area contributed by atoms with E-state index in [9.17, 15) is 4.79 Å². The minimum atomic E-state index is -0.326. The van der Waals surface area contributed by atoms with Gasteiger partial charge in [0.25, 0.3) is 5.91 Å². The molecular weight excluding hydrogens is 284 g/mol. The highest BCUT2D eigenvalue weighted by Crippen LogP contribution is 2.34. The fraction of sp³-hybridized carbons (Fsp3) is 0.267. The first-order valence-corrected chi connectivity index (χ1v) is 7.05. The summed E-state index contributed by atoms with van der Waals surface area (Å²) in [5.74, 6) is 1.61. The maximum absolute atomic E-state index is 12.1. The first-order chi connectivity index (χ1) is 10.8. The van der Waals surface area contributed by atoms with Crippen molar-refractivity contribution < 1.29 is 14.3 Å². The summed E-state index contributed by atoms with van der Waals surface area (Å²) < 4.78 is 10.5. The third-order valence-corrected chi connectivity index (χ3v) is 3.08. The number of amides is 1. The molecule has 3 rings (SSSR count). The molecule has 114 valence electrons. The quantitative estimate of drug-likeness (QED) is 0.881. The van der Waals surface area contributed by atoms with Gasteiger partial charge in [-0.2, -0.15) is 0 Å². The van der Waals surface area contributed by atoms with Crippen molar-refractivity contribution in [1.29, 1.82) is 0 Å². The highest BCUT2D eigenvalue weighted by molar-refractivity contribution is 6.02. The molecule has 1 aromatic heterocycles. The first-order valence-electron chi connectivity index (χ1n) is 7.05. The van der Waals surface area contributed by atoms with Crippen molar-refractivity contribution in [2.45, 2.75) is 13.3 Å². The molecule has 0 bridgehead atoms. The van der Waals surface area contributed by atoms with Crippen LogP contribution in [0.4, 0.5) is 11.5 Å². The summed E-state index contributed by atoms with van der Waals surface area (Å²) in [6.07, 6.45) is 0.994. The molecule has 7 nitrogen and oxygen atoms in total. The standard InChI is InChI=1S/C15H16N4O3/c1-2-7-16-14-6-4-11(18-19-14)15(20)17-10-3-5-12-13(8-10)22-9-21-12/h3-6,8H,2,7,9H2,1H3,(H,16,19)(H,17,20). The maximum Gasteiger partial charge on any atom is 0.276 e. The molecule has 1 aliphatic rings. The third-order valence-electron chi connectivity index (χ3n) is 3.08. The van der Waals surface area contributed by atoms with Gasteiger partial charge in [-0.15, -0.1) is 10.2 Å². The number of nitrogens with zero attached hydrogens (tertiary/aromatic N) is 2. The Labute approximate surface area is 127 Å². The Morgan fingerprint density at radius 2 is 2.05 bits per heavy atom. The van der Waals surface area contributed by atoms with E-state index in [0.29, 0.717) is 23.0 Å². The molecule has 1 aromatic carbocycles. The maximum atomic E-state index is 12.1. The van der Waals surface area contributed by atoms with Crippen LogP contribution in [0.5, 0.6) is 11.5 Å². The van der Waals surface area contributed by atoms with Gasteiger partial charge in [0.2, 0.25) is 6.79 Å². The second kappa shape index (κ2) is 6.30. The largest absolute Gasteiger partial charge is 0.454 e. The number of hydrogen-bond donors (Lipinski definition) is 2. The van der Waals surface area contributed by atoms with Crippen LogP contribution in [0.1, 0.15) is 23.8 Å². The fourth-order valence-electron chi connectivity index (χ4n) is 1.97. The van der Waals surface area contributed by atoms with Gasteiger partial charge in [0.15, 0.2) is 17.2 Å². The lowest BCUT2D eigenvalue weighted by molar-refractivity contribution is 0.102.